The summed E-state index contributed by atoms with van der Waals surface area (Å²) in [7, 11) is -0.893. The SMILES string of the molecule is C=C=CC(=O)O[Si](CC)CC. The zero-order valence-corrected chi connectivity index (χ0v) is 8.02. The van der Waals surface area contributed by atoms with E-state index in [1.807, 2.05) is 13.8 Å². The van der Waals surface area contributed by atoms with Gasteiger partial charge in [0.05, 0.1) is 6.08 Å². The van der Waals surface area contributed by atoms with E-state index < -0.39 is 9.04 Å². The molecule has 0 saturated heterocycles. The Hall–Kier alpha value is -0.793. The highest BCUT2D eigenvalue weighted by atomic mass is 28.3. The van der Waals surface area contributed by atoms with Crippen LogP contribution in [0.2, 0.25) is 12.1 Å². The Morgan fingerprint density at radius 1 is 1.64 bits per heavy atom. The third-order valence-electron chi connectivity index (χ3n) is 1.25. The molecule has 0 fully saturated rings. The first-order valence-corrected chi connectivity index (χ1v) is 5.49. The lowest BCUT2D eigenvalue weighted by atomic mass is 10.6. The Bertz CT molecular complexity index is 167. The van der Waals surface area contributed by atoms with Crippen LogP contribution in [0.15, 0.2) is 18.4 Å². The predicted octanol–water partition coefficient (Wildman–Crippen LogP) is 1.90. The van der Waals surface area contributed by atoms with Crippen molar-refractivity contribution in [3.8, 4) is 0 Å². The van der Waals surface area contributed by atoms with Gasteiger partial charge < -0.3 is 4.43 Å². The van der Waals surface area contributed by atoms with E-state index >= 15 is 0 Å². The highest BCUT2D eigenvalue weighted by molar-refractivity contribution is 6.53. The summed E-state index contributed by atoms with van der Waals surface area (Å²) in [6.07, 6.45) is 1.23. The van der Waals surface area contributed by atoms with Crippen molar-refractivity contribution < 1.29 is 9.22 Å². The highest BCUT2D eigenvalue weighted by Crippen LogP contribution is 2.00. The van der Waals surface area contributed by atoms with Gasteiger partial charge in [-0.05, 0) is 12.1 Å². The molecule has 3 heteroatoms. The second-order valence-electron chi connectivity index (χ2n) is 2.02. The summed E-state index contributed by atoms with van der Waals surface area (Å²) in [4.78, 5) is 10.8. The molecule has 0 rings (SSSR count). The van der Waals surface area contributed by atoms with Gasteiger partial charge in [0.15, 0.2) is 0 Å². The third-order valence-corrected chi connectivity index (χ3v) is 3.32. The summed E-state index contributed by atoms with van der Waals surface area (Å²) in [5.74, 6) is -0.308. The van der Waals surface area contributed by atoms with Crippen LogP contribution in [0.1, 0.15) is 13.8 Å². The Labute approximate surface area is 69.3 Å². The zero-order valence-electron chi connectivity index (χ0n) is 7.02. The van der Waals surface area contributed by atoms with Gasteiger partial charge >= 0.3 is 5.97 Å². The van der Waals surface area contributed by atoms with E-state index in [-0.39, 0.29) is 5.97 Å². The molecule has 0 N–H and O–H groups in total. The first-order valence-electron chi connectivity index (χ1n) is 3.66. The van der Waals surface area contributed by atoms with E-state index in [0.29, 0.717) is 0 Å². The van der Waals surface area contributed by atoms with Crippen molar-refractivity contribution in [1.82, 2.24) is 0 Å². The molecule has 0 aliphatic carbocycles. The van der Waals surface area contributed by atoms with Gasteiger partial charge in [-0.2, -0.15) is 0 Å². The van der Waals surface area contributed by atoms with E-state index in [1.54, 1.807) is 0 Å². The lowest BCUT2D eigenvalue weighted by molar-refractivity contribution is -0.129. The van der Waals surface area contributed by atoms with Crippen molar-refractivity contribution in [3.05, 3.63) is 18.4 Å². The van der Waals surface area contributed by atoms with Crippen molar-refractivity contribution in [2.45, 2.75) is 25.9 Å². The number of hydrogen-bond donors (Lipinski definition) is 0. The van der Waals surface area contributed by atoms with Gasteiger partial charge in [-0.15, -0.1) is 5.73 Å². The maximum atomic E-state index is 10.8. The standard InChI is InChI=1S/C8H13O2Si/c1-4-7-8(9)10-11(5-2)6-3/h7H,1,5-6H2,2-3H3. The minimum Gasteiger partial charge on any atom is -0.514 e. The van der Waals surface area contributed by atoms with Crippen molar-refractivity contribution in [1.29, 1.82) is 0 Å². The molecule has 0 heterocycles. The molecule has 2 nitrogen and oxygen atoms in total. The Balaban J connectivity index is 3.80. The van der Waals surface area contributed by atoms with E-state index in [9.17, 15) is 4.79 Å². The monoisotopic (exact) mass is 169 g/mol. The van der Waals surface area contributed by atoms with E-state index in [2.05, 4.69) is 12.3 Å². The minimum absolute atomic E-state index is 0.308. The smallest absolute Gasteiger partial charge is 0.325 e. The molecule has 61 valence electrons. The van der Waals surface area contributed by atoms with Crippen molar-refractivity contribution in [2.75, 3.05) is 0 Å². The Kier molecular flexibility index (Phi) is 5.52. The second-order valence-corrected chi connectivity index (χ2v) is 4.71. The van der Waals surface area contributed by atoms with Crippen molar-refractivity contribution in [3.63, 3.8) is 0 Å². The van der Waals surface area contributed by atoms with Crippen LogP contribution in [0.3, 0.4) is 0 Å². The summed E-state index contributed by atoms with van der Waals surface area (Å²) < 4.78 is 5.09. The van der Waals surface area contributed by atoms with Gasteiger partial charge in [-0.1, -0.05) is 20.4 Å². The summed E-state index contributed by atoms with van der Waals surface area (Å²) in [5.41, 5.74) is 2.39. The zero-order chi connectivity index (χ0) is 8.69. The van der Waals surface area contributed by atoms with Gasteiger partial charge in [0, 0.05) is 0 Å². The maximum Gasteiger partial charge on any atom is 0.325 e. The number of carbonyl (C=O) groups excluding carboxylic acids is 1. The van der Waals surface area contributed by atoms with Gasteiger partial charge in [-0.3, -0.25) is 0 Å². The van der Waals surface area contributed by atoms with Crippen molar-refractivity contribution >= 4 is 15.0 Å². The van der Waals surface area contributed by atoms with Crippen molar-refractivity contribution in [2.24, 2.45) is 0 Å². The fourth-order valence-corrected chi connectivity index (χ4v) is 1.78. The number of rotatable bonds is 4. The van der Waals surface area contributed by atoms with E-state index in [1.165, 1.54) is 6.08 Å². The Morgan fingerprint density at radius 3 is 2.55 bits per heavy atom. The fourth-order valence-electron chi connectivity index (χ4n) is 0.649. The summed E-state index contributed by atoms with van der Waals surface area (Å²) in [6.45, 7) is 7.35. The van der Waals surface area contributed by atoms with Gasteiger partial charge in [0.25, 0.3) is 9.04 Å². The van der Waals surface area contributed by atoms with Gasteiger partial charge in [0.1, 0.15) is 0 Å². The third kappa shape index (κ3) is 4.59. The van der Waals surface area contributed by atoms with Crippen LogP contribution in [-0.2, 0) is 9.22 Å². The molecular weight excluding hydrogens is 156 g/mol. The first kappa shape index (κ1) is 10.2. The van der Waals surface area contributed by atoms with Crippen LogP contribution in [0, 0.1) is 0 Å². The molecule has 0 aromatic rings. The largest absolute Gasteiger partial charge is 0.514 e. The molecule has 0 saturated carbocycles. The predicted molar refractivity (Wildman–Crippen MR) is 46.5 cm³/mol. The molecule has 0 amide bonds. The molecule has 0 aliphatic rings. The molecule has 0 spiro atoms. The van der Waals surface area contributed by atoms with Gasteiger partial charge in [0.2, 0.25) is 0 Å². The molecule has 0 unspecified atom stereocenters. The fraction of sp³-hybridized carbons (Fsp3) is 0.500. The molecule has 11 heavy (non-hydrogen) atoms. The molecule has 0 bridgehead atoms. The second kappa shape index (κ2) is 5.95. The topological polar surface area (TPSA) is 26.3 Å². The lowest BCUT2D eigenvalue weighted by Crippen LogP contribution is -2.18. The molecule has 0 atom stereocenters. The quantitative estimate of drug-likeness (QED) is 0.365. The maximum absolute atomic E-state index is 10.8. The normalized spacial score (nSPS) is 9.00. The minimum atomic E-state index is -0.893. The Morgan fingerprint density at radius 2 is 2.18 bits per heavy atom. The highest BCUT2D eigenvalue weighted by Gasteiger charge is 2.11. The van der Waals surface area contributed by atoms with Crippen LogP contribution in [0.5, 0.6) is 0 Å². The summed E-state index contributed by atoms with van der Waals surface area (Å²) in [5, 5.41) is 0. The average Bonchev–Trinajstić information content (AvgIpc) is 2.01. The molecule has 0 aliphatic heterocycles. The van der Waals surface area contributed by atoms with Crippen LogP contribution in [-0.4, -0.2) is 15.0 Å². The lowest BCUT2D eigenvalue weighted by Gasteiger charge is -2.08. The molecule has 1 radical (unpaired) electrons. The van der Waals surface area contributed by atoms with Crippen LogP contribution >= 0.6 is 0 Å². The number of carbonyl (C=O) groups is 1. The van der Waals surface area contributed by atoms with Crippen LogP contribution in [0.25, 0.3) is 0 Å². The number of hydrogen-bond acceptors (Lipinski definition) is 2. The van der Waals surface area contributed by atoms with Crippen LogP contribution < -0.4 is 0 Å². The van der Waals surface area contributed by atoms with Crippen LogP contribution in [0.4, 0.5) is 0 Å². The average molecular weight is 169 g/mol. The molecular formula is C8H13O2Si. The first-order chi connectivity index (χ1) is 5.24. The summed E-state index contributed by atoms with van der Waals surface area (Å²) >= 11 is 0. The molecule has 0 aromatic heterocycles. The van der Waals surface area contributed by atoms with E-state index in [4.69, 9.17) is 4.43 Å². The van der Waals surface area contributed by atoms with Gasteiger partial charge in [-0.25, -0.2) is 4.79 Å². The summed E-state index contributed by atoms with van der Waals surface area (Å²) in [6, 6.07) is 1.91. The molecule has 0 aromatic carbocycles. The van der Waals surface area contributed by atoms with E-state index in [0.717, 1.165) is 12.1 Å².